The highest BCUT2D eigenvalue weighted by molar-refractivity contribution is 8.00. The lowest BCUT2D eigenvalue weighted by Gasteiger charge is -2.23. The van der Waals surface area contributed by atoms with Crippen LogP contribution in [-0.2, 0) is 16.7 Å². The molecule has 0 spiro atoms. The number of amides is 1. The molecule has 1 aromatic heterocycles. The van der Waals surface area contributed by atoms with Crippen molar-refractivity contribution in [3.63, 3.8) is 0 Å². The zero-order valence-electron chi connectivity index (χ0n) is 17.4. The topological polar surface area (TPSA) is 66.9 Å². The molecule has 0 saturated carbocycles. The first-order valence-corrected chi connectivity index (χ1v) is 11.9. The maximum atomic E-state index is 13.0. The molecule has 0 radical (unpaired) electrons. The van der Waals surface area contributed by atoms with Crippen molar-refractivity contribution in [1.29, 1.82) is 0 Å². The van der Waals surface area contributed by atoms with E-state index in [0.29, 0.717) is 10.1 Å². The van der Waals surface area contributed by atoms with Crippen molar-refractivity contribution in [2.75, 3.05) is 10.6 Å². The first-order valence-electron chi connectivity index (χ1n) is 9.68. The normalized spacial score (nSPS) is 12.6. The number of benzene rings is 2. The molecule has 1 atom stereocenters. The summed E-state index contributed by atoms with van der Waals surface area (Å²) in [5, 5.41) is 13.7. The van der Waals surface area contributed by atoms with Gasteiger partial charge in [0.1, 0.15) is 11.9 Å². The molecular weight excluding hydrogens is 500 g/mol. The SMILES string of the molecule is CC(C)[C@@H](Nc1ccc(C(F)(F)F)cc1Cl)C(=O)Nc1nnc(SCc2ccc(F)cc2)s1. The Morgan fingerprint density at radius 2 is 1.85 bits per heavy atom. The molecule has 2 N–H and O–H groups in total. The number of anilines is 2. The van der Waals surface area contributed by atoms with Gasteiger partial charge < -0.3 is 5.32 Å². The van der Waals surface area contributed by atoms with Gasteiger partial charge in [0.15, 0.2) is 4.34 Å². The largest absolute Gasteiger partial charge is 0.416 e. The average Bonchev–Trinajstić information content (AvgIpc) is 3.18. The van der Waals surface area contributed by atoms with Crippen LogP contribution in [0.2, 0.25) is 5.02 Å². The number of aromatic nitrogens is 2. The zero-order chi connectivity index (χ0) is 24.2. The Morgan fingerprint density at radius 1 is 1.15 bits per heavy atom. The number of hydrogen-bond acceptors (Lipinski definition) is 6. The molecule has 0 saturated heterocycles. The Morgan fingerprint density at radius 3 is 2.45 bits per heavy atom. The third-order valence-electron chi connectivity index (χ3n) is 4.47. The summed E-state index contributed by atoms with van der Waals surface area (Å²) in [4.78, 5) is 12.8. The molecule has 3 aromatic rings. The standard InChI is InChI=1S/C21H19ClF4N4OS2/c1-11(2)17(27-16-8-5-13(9-15(16)22)21(24,25)26)18(31)28-19-29-30-20(33-19)32-10-12-3-6-14(23)7-4-12/h3-9,11,17,27H,10H2,1-2H3,(H,28,29,31)/t17-/m1/s1. The van der Waals surface area contributed by atoms with Gasteiger partial charge in [-0.1, -0.05) is 60.7 Å². The highest BCUT2D eigenvalue weighted by Crippen LogP contribution is 2.34. The zero-order valence-corrected chi connectivity index (χ0v) is 19.8. The summed E-state index contributed by atoms with van der Waals surface area (Å²) in [5.74, 6) is -0.378. The molecule has 12 heteroatoms. The fraction of sp³-hybridized carbons (Fsp3) is 0.286. The van der Waals surface area contributed by atoms with Crippen molar-refractivity contribution in [2.24, 2.45) is 5.92 Å². The molecule has 0 aliphatic carbocycles. The van der Waals surface area contributed by atoms with E-state index in [1.54, 1.807) is 26.0 Å². The maximum Gasteiger partial charge on any atom is 0.416 e. The Balaban J connectivity index is 1.63. The summed E-state index contributed by atoms with van der Waals surface area (Å²) >= 11 is 8.59. The van der Waals surface area contributed by atoms with E-state index < -0.39 is 23.7 Å². The Hall–Kier alpha value is -2.37. The minimum atomic E-state index is -4.51. The van der Waals surface area contributed by atoms with Crippen LogP contribution in [0.25, 0.3) is 0 Å². The second kappa shape index (κ2) is 10.7. The van der Waals surface area contributed by atoms with E-state index in [4.69, 9.17) is 11.6 Å². The minimum Gasteiger partial charge on any atom is -0.372 e. The monoisotopic (exact) mass is 518 g/mol. The van der Waals surface area contributed by atoms with Gasteiger partial charge in [-0.25, -0.2) is 4.39 Å². The van der Waals surface area contributed by atoms with Crippen molar-refractivity contribution in [3.05, 3.63) is 64.4 Å². The Bertz CT molecular complexity index is 1110. The van der Waals surface area contributed by atoms with E-state index >= 15 is 0 Å². The predicted molar refractivity (Wildman–Crippen MR) is 123 cm³/mol. The number of hydrogen-bond donors (Lipinski definition) is 2. The molecule has 0 bridgehead atoms. The predicted octanol–water partition coefficient (Wildman–Crippen LogP) is 6.72. The second-order valence-electron chi connectivity index (χ2n) is 7.34. The molecule has 3 rings (SSSR count). The molecule has 33 heavy (non-hydrogen) atoms. The van der Waals surface area contributed by atoms with Gasteiger partial charge in [-0.15, -0.1) is 10.2 Å². The highest BCUT2D eigenvalue weighted by atomic mass is 35.5. The summed E-state index contributed by atoms with van der Waals surface area (Å²) in [7, 11) is 0. The van der Waals surface area contributed by atoms with Crippen LogP contribution in [0, 0.1) is 11.7 Å². The molecule has 0 fully saturated rings. The lowest BCUT2D eigenvalue weighted by atomic mass is 10.0. The van der Waals surface area contributed by atoms with Crippen molar-refractivity contribution < 1.29 is 22.4 Å². The first-order chi connectivity index (χ1) is 15.5. The molecule has 1 heterocycles. The van der Waals surface area contributed by atoms with E-state index in [-0.39, 0.29) is 27.6 Å². The number of nitrogens with zero attached hydrogens (tertiary/aromatic N) is 2. The summed E-state index contributed by atoms with van der Waals surface area (Å²) in [6, 6.07) is 8.25. The minimum absolute atomic E-state index is 0.140. The molecule has 0 aliphatic rings. The third kappa shape index (κ3) is 7.05. The third-order valence-corrected chi connectivity index (χ3v) is 6.82. The van der Waals surface area contributed by atoms with Gasteiger partial charge in [-0.3, -0.25) is 10.1 Å². The Labute approximate surface area is 200 Å². The number of carbonyl (C=O) groups is 1. The fourth-order valence-electron chi connectivity index (χ4n) is 2.74. The van der Waals surface area contributed by atoms with E-state index in [9.17, 15) is 22.4 Å². The summed E-state index contributed by atoms with van der Waals surface area (Å²) in [6.07, 6.45) is -4.51. The van der Waals surface area contributed by atoms with Crippen LogP contribution in [0.4, 0.5) is 28.4 Å². The van der Waals surface area contributed by atoms with Crippen LogP contribution in [0.5, 0.6) is 0 Å². The van der Waals surface area contributed by atoms with Crippen LogP contribution < -0.4 is 10.6 Å². The molecule has 176 valence electrons. The van der Waals surface area contributed by atoms with Crippen LogP contribution in [-0.4, -0.2) is 22.1 Å². The van der Waals surface area contributed by atoms with Gasteiger partial charge in [-0.2, -0.15) is 13.2 Å². The second-order valence-corrected chi connectivity index (χ2v) is 9.94. The smallest absolute Gasteiger partial charge is 0.372 e. The first kappa shape index (κ1) is 25.3. The van der Waals surface area contributed by atoms with Crippen LogP contribution in [0.15, 0.2) is 46.8 Å². The average molecular weight is 519 g/mol. The van der Waals surface area contributed by atoms with Crippen molar-refractivity contribution >= 4 is 51.4 Å². The molecule has 5 nitrogen and oxygen atoms in total. The van der Waals surface area contributed by atoms with E-state index in [2.05, 4.69) is 20.8 Å². The molecular formula is C21H19ClF4N4OS2. The summed E-state index contributed by atoms with van der Waals surface area (Å²) < 4.78 is 52.2. The number of alkyl halides is 3. The van der Waals surface area contributed by atoms with Crippen LogP contribution in [0.1, 0.15) is 25.0 Å². The number of nitrogens with one attached hydrogen (secondary N) is 2. The number of thioether (sulfide) groups is 1. The van der Waals surface area contributed by atoms with E-state index in [0.717, 1.165) is 17.7 Å². The van der Waals surface area contributed by atoms with Gasteiger partial charge in [-0.05, 0) is 41.8 Å². The summed E-state index contributed by atoms with van der Waals surface area (Å²) in [6.45, 7) is 3.58. The summed E-state index contributed by atoms with van der Waals surface area (Å²) in [5.41, 5.74) is 0.258. The van der Waals surface area contributed by atoms with Gasteiger partial charge in [0, 0.05) is 5.75 Å². The van der Waals surface area contributed by atoms with E-state index in [1.807, 2.05) is 0 Å². The highest BCUT2D eigenvalue weighted by Gasteiger charge is 2.31. The van der Waals surface area contributed by atoms with Gasteiger partial charge in [0.25, 0.3) is 0 Å². The molecule has 0 unspecified atom stereocenters. The van der Waals surface area contributed by atoms with Crippen molar-refractivity contribution in [1.82, 2.24) is 10.2 Å². The van der Waals surface area contributed by atoms with Gasteiger partial charge >= 0.3 is 6.18 Å². The molecule has 2 aromatic carbocycles. The van der Waals surface area contributed by atoms with Crippen LogP contribution >= 0.6 is 34.7 Å². The lowest BCUT2D eigenvalue weighted by molar-refractivity contribution is -0.137. The molecule has 1 amide bonds. The van der Waals surface area contributed by atoms with Gasteiger partial charge in [0.05, 0.1) is 16.3 Å². The number of halogens is 5. The quantitative estimate of drug-likeness (QED) is 0.197. The lowest BCUT2D eigenvalue weighted by Crippen LogP contribution is -2.39. The van der Waals surface area contributed by atoms with Gasteiger partial charge in [0.2, 0.25) is 11.0 Å². The number of rotatable bonds is 8. The van der Waals surface area contributed by atoms with Crippen LogP contribution in [0.3, 0.4) is 0 Å². The van der Waals surface area contributed by atoms with Crippen molar-refractivity contribution in [3.8, 4) is 0 Å². The fourth-order valence-corrected chi connectivity index (χ4v) is 4.68. The maximum absolute atomic E-state index is 13.0. The van der Waals surface area contributed by atoms with E-state index in [1.165, 1.54) is 41.3 Å². The van der Waals surface area contributed by atoms with Crippen molar-refractivity contribution in [2.45, 2.75) is 36.2 Å². The number of carbonyl (C=O) groups excluding carboxylic acids is 1. The molecule has 0 aliphatic heterocycles. The Kier molecular flexibility index (Phi) is 8.19.